The van der Waals surface area contributed by atoms with E-state index in [1.165, 1.54) is 0 Å². The highest BCUT2D eigenvalue weighted by atomic mass is 16.4. The van der Waals surface area contributed by atoms with E-state index in [2.05, 4.69) is 35.4 Å². The number of amides is 1. The number of aromatic amines is 2. The molecule has 0 radical (unpaired) electrons. The number of H-pyrrole nitrogens is 2. The highest BCUT2D eigenvalue weighted by molar-refractivity contribution is 5.97. The van der Waals surface area contributed by atoms with Gasteiger partial charge in [0.15, 0.2) is 0 Å². The highest BCUT2D eigenvalue weighted by Gasteiger charge is 2.30. The van der Waals surface area contributed by atoms with Crippen molar-refractivity contribution < 1.29 is 24.6 Å². The zero-order chi connectivity index (χ0) is 37.0. The van der Waals surface area contributed by atoms with Crippen molar-refractivity contribution in [2.24, 2.45) is 5.73 Å². The van der Waals surface area contributed by atoms with Gasteiger partial charge in [0.25, 0.3) is 0 Å². The van der Waals surface area contributed by atoms with E-state index in [9.17, 15) is 24.6 Å². The monoisotopic (exact) mass is 692 g/mol. The van der Waals surface area contributed by atoms with Crippen LogP contribution in [0, 0.1) is 13.8 Å². The first-order valence-electron chi connectivity index (χ1n) is 17.5. The van der Waals surface area contributed by atoms with E-state index in [-0.39, 0.29) is 30.6 Å². The van der Waals surface area contributed by atoms with Gasteiger partial charge in [-0.1, -0.05) is 32.2 Å². The van der Waals surface area contributed by atoms with Crippen molar-refractivity contribution in [2.75, 3.05) is 6.54 Å². The molecule has 0 saturated heterocycles. The van der Waals surface area contributed by atoms with Crippen LogP contribution in [-0.2, 0) is 20.8 Å². The Balaban J connectivity index is 1.72. The highest BCUT2D eigenvalue weighted by Crippen LogP contribution is 2.40. The third-order valence-corrected chi connectivity index (χ3v) is 10.2. The number of nitrogens with one attached hydrogen (secondary N) is 3. The van der Waals surface area contributed by atoms with Crippen LogP contribution in [0.4, 0.5) is 0 Å². The third kappa shape index (κ3) is 7.88. The number of hydrogen-bond acceptors (Lipinski definition) is 6. The summed E-state index contributed by atoms with van der Waals surface area (Å²) in [6.45, 7) is 16.7. The zero-order valence-corrected chi connectivity index (χ0v) is 29.9. The van der Waals surface area contributed by atoms with Gasteiger partial charge in [-0.25, -0.2) is 9.78 Å². The number of carbonyl (C=O) groups is 3. The van der Waals surface area contributed by atoms with Gasteiger partial charge in [0.1, 0.15) is 6.04 Å². The minimum absolute atomic E-state index is 0.00329. The van der Waals surface area contributed by atoms with Crippen LogP contribution in [0.25, 0.3) is 39.3 Å². The minimum Gasteiger partial charge on any atom is -0.481 e. The number of nitrogens with two attached hydrogens (primary N) is 1. The normalized spacial score (nSPS) is 16.2. The van der Waals surface area contributed by atoms with E-state index in [0.717, 1.165) is 78.2 Å². The molecular weight excluding hydrogens is 644 g/mol. The molecule has 268 valence electrons. The van der Waals surface area contributed by atoms with E-state index in [4.69, 9.17) is 15.7 Å². The molecule has 0 fully saturated rings. The van der Waals surface area contributed by atoms with Gasteiger partial charge in [-0.3, -0.25) is 14.6 Å². The Morgan fingerprint density at radius 1 is 0.902 bits per heavy atom. The molecule has 11 heteroatoms. The van der Waals surface area contributed by atoms with Crippen LogP contribution in [0.15, 0.2) is 43.5 Å². The summed E-state index contributed by atoms with van der Waals surface area (Å²) >= 11 is 0. The molecule has 8 bridgehead atoms. The second-order valence-electron chi connectivity index (χ2n) is 13.5. The van der Waals surface area contributed by atoms with Gasteiger partial charge in [0, 0.05) is 69.3 Å². The van der Waals surface area contributed by atoms with Crippen LogP contribution >= 0.6 is 0 Å². The summed E-state index contributed by atoms with van der Waals surface area (Å²) in [7, 11) is 0. The molecular formula is C40H48N6O5. The molecule has 5 rings (SSSR count). The van der Waals surface area contributed by atoms with Gasteiger partial charge in [0.2, 0.25) is 5.91 Å². The lowest BCUT2D eigenvalue weighted by molar-refractivity contribution is -0.142. The Labute approximate surface area is 297 Å². The molecule has 11 nitrogen and oxygen atoms in total. The van der Waals surface area contributed by atoms with Gasteiger partial charge in [-0.2, -0.15) is 0 Å². The predicted octanol–water partition coefficient (Wildman–Crippen LogP) is 7.07. The van der Waals surface area contributed by atoms with E-state index < -0.39 is 18.0 Å². The molecule has 0 aliphatic carbocycles. The van der Waals surface area contributed by atoms with Crippen molar-refractivity contribution >= 4 is 57.1 Å². The number of fused-ring (bicyclic) bond motifs is 8. The average Bonchev–Trinajstić information content (AvgIpc) is 3.74. The summed E-state index contributed by atoms with van der Waals surface area (Å²) in [6.07, 6.45) is 6.03. The maximum absolute atomic E-state index is 13.1. The van der Waals surface area contributed by atoms with E-state index in [0.29, 0.717) is 38.6 Å². The Kier molecular flexibility index (Phi) is 11.4. The number of carboxylic acids is 2. The number of rotatable bonds is 14. The van der Waals surface area contributed by atoms with E-state index in [1.807, 2.05) is 51.1 Å². The Hall–Kier alpha value is -5.29. The van der Waals surface area contributed by atoms with Crippen molar-refractivity contribution in [1.29, 1.82) is 0 Å². The fraction of sp³-hybridized carbons (Fsp3) is 0.375. The summed E-state index contributed by atoms with van der Waals surface area (Å²) in [5.74, 6) is -2.52. The lowest BCUT2D eigenvalue weighted by Crippen LogP contribution is -2.40. The second kappa shape index (κ2) is 15.7. The predicted molar refractivity (Wildman–Crippen MR) is 202 cm³/mol. The van der Waals surface area contributed by atoms with Crippen molar-refractivity contribution in [3.05, 3.63) is 88.5 Å². The van der Waals surface area contributed by atoms with Crippen molar-refractivity contribution in [3.63, 3.8) is 0 Å². The second-order valence-corrected chi connectivity index (χ2v) is 13.5. The number of aliphatic carboxylic acids is 2. The molecule has 0 saturated carbocycles. The van der Waals surface area contributed by atoms with E-state index >= 15 is 0 Å². The Morgan fingerprint density at radius 3 is 2.25 bits per heavy atom. The van der Waals surface area contributed by atoms with Crippen LogP contribution in [0.3, 0.4) is 0 Å². The maximum atomic E-state index is 13.1. The van der Waals surface area contributed by atoms with Gasteiger partial charge < -0.3 is 31.2 Å². The average molecular weight is 693 g/mol. The Bertz CT molecular complexity index is 2090. The molecule has 2 aliphatic heterocycles. The summed E-state index contributed by atoms with van der Waals surface area (Å²) < 4.78 is 0. The summed E-state index contributed by atoms with van der Waals surface area (Å²) in [6, 6.07) is 7.02. The fourth-order valence-corrected chi connectivity index (χ4v) is 7.16. The molecule has 51 heavy (non-hydrogen) atoms. The smallest absolute Gasteiger partial charge is 0.326 e. The van der Waals surface area contributed by atoms with Gasteiger partial charge in [-0.15, -0.1) is 0 Å². The number of carbonyl (C=O) groups excluding carboxylic acids is 1. The zero-order valence-electron chi connectivity index (χ0n) is 29.9. The quantitative estimate of drug-likeness (QED) is 0.0968. The lowest BCUT2D eigenvalue weighted by atomic mass is 9.87. The van der Waals surface area contributed by atoms with Crippen LogP contribution < -0.4 is 11.1 Å². The molecule has 0 aromatic carbocycles. The number of aromatic nitrogens is 4. The first kappa shape index (κ1) is 37.0. The topological polar surface area (TPSA) is 187 Å². The molecule has 0 spiro atoms. The van der Waals surface area contributed by atoms with Crippen LogP contribution in [0.5, 0.6) is 0 Å². The van der Waals surface area contributed by atoms with E-state index in [1.54, 1.807) is 6.08 Å². The van der Waals surface area contributed by atoms with Gasteiger partial charge in [-0.05, 0) is 106 Å². The molecule has 3 aromatic rings. The first-order chi connectivity index (χ1) is 24.4. The number of nitrogens with zero attached hydrogens (tertiary/aromatic N) is 2. The van der Waals surface area contributed by atoms with Gasteiger partial charge in [0.05, 0.1) is 11.4 Å². The first-order valence-corrected chi connectivity index (χ1v) is 17.5. The van der Waals surface area contributed by atoms with Crippen molar-refractivity contribution in [1.82, 2.24) is 25.3 Å². The van der Waals surface area contributed by atoms with Crippen LogP contribution in [0.2, 0.25) is 0 Å². The van der Waals surface area contributed by atoms with Gasteiger partial charge >= 0.3 is 11.9 Å². The molecule has 2 aliphatic rings. The molecule has 3 aromatic heterocycles. The summed E-state index contributed by atoms with van der Waals surface area (Å²) in [5, 5.41) is 22.0. The number of carboxylic acid groups (broad SMARTS) is 2. The lowest BCUT2D eigenvalue weighted by Gasteiger charge is -2.15. The maximum Gasteiger partial charge on any atom is 0.326 e. The SMILES string of the molecule is C=CC1=C(C)c2cc3[nH]c(cc4nc(cc5[nH]c(cc1n2)c(C)c5CCC(=O)N[C@@H](CCCCN)C(=O)O)C(CCC(=O)O)C4C)c(C)c3C=C. The third-order valence-electron chi connectivity index (χ3n) is 10.2. The molecule has 5 heterocycles. The number of aryl methyl sites for hydroxylation is 3. The number of hydrogen-bond donors (Lipinski definition) is 6. The number of unbranched alkanes of at least 4 members (excludes halogenated alkanes) is 1. The standard InChI is InChI=1S/C40H48N6O5/c1-7-25-21(3)30-17-31-24(6)28(13-15-39(48)49)37(44-31)20-36-27(12-14-38(47)46-29(40(50)51)11-9-10-16-41)23(5)33(45-36)19-35-26(8-2)22(4)32(43-35)18-34(25)42-30/h7-8,17-20,24,28-29,42,45H,1-2,9-16,41H2,3-6H3,(H,46,47)(H,48,49)(H,50,51)/t24?,28?,29-/m0/s1. The fourth-order valence-electron chi connectivity index (χ4n) is 7.16. The molecule has 7 N–H and O–H groups in total. The molecule has 3 atom stereocenters. The van der Waals surface area contributed by atoms with Crippen molar-refractivity contribution in [3.8, 4) is 0 Å². The van der Waals surface area contributed by atoms with Crippen LogP contribution in [0.1, 0.15) is 109 Å². The van der Waals surface area contributed by atoms with Crippen molar-refractivity contribution in [2.45, 2.75) is 90.5 Å². The number of allylic oxidation sites excluding steroid dienone is 3. The molecule has 2 unspecified atom stereocenters. The Morgan fingerprint density at radius 2 is 1.59 bits per heavy atom. The largest absolute Gasteiger partial charge is 0.481 e. The van der Waals surface area contributed by atoms with Crippen LogP contribution in [-0.4, -0.2) is 60.6 Å². The summed E-state index contributed by atoms with van der Waals surface area (Å²) in [4.78, 5) is 53.9. The minimum atomic E-state index is -1.07. The summed E-state index contributed by atoms with van der Waals surface area (Å²) in [5.41, 5.74) is 17.7. The molecule has 1 amide bonds.